The molecule has 0 aliphatic carbocycles. The summed E-state index contributed by atoms with van der Waals surface area (Å²) in [6.07, 6.45) is 1.23. The lowest BCUT2D eigenvalue weighted by atomic mass is 9.84. The van der Waals surface area contributed by atoms with E-state index in [0.29, 0.717) is 23.9 Å². The molecule has 0 aliphatic rings. The van der Waals surface area contributed by atoms with Crippen LogP contribution < -0.4 is 0 Å². The van der Waals surface area contributed by atoms with Gasteiger partial charge in [-0.3, -0.25) is 0 Å². The monoisotopic (exact) mass is 214 g/mol. The van der Waals surface area contributed by atoms with E-state index in [4.69, 9.17) is 0 Å². The lowest BCUT2D eigenvalue weighted by Gasteiger charge is -2.40. The predicted molar refractivity (Wildman–Crippen MR) is 69.2 cm³/mol. The second-order valence-electron chi connectivity index (χ2n) is 5.50. The fourth-order valence-electron chi connectivity index (χ4n) is 3.11. The normalized spacial score (nSPS) is 18.6. The highest BCUT2D eigenvalue weighted by Gasteiger charge is 2.29. The number of hydrogen-bond donors (Lipinski definition) is 0. The summed E-state index contributed by atoms with van der Waals surface area (Å²) in [5.74, 6) is 1.42. The third-order valence-corrected chi connectivity index (χ3v) is 3.51. The topological polar surface area (TPSA) is 6.48 Å². The maximum atomic E-state index is 2.39. The van der Waals surface area contributed by atoms with Crippen molar-refractivity contribution >= 4 is 0 Å². The molecule has 0 aliphatic heterocycles. The zero-order valence-electron chi connectivity index (χ0n) is 11.9. The Labute approximate surface area is 96.6 Å². The van der Waals surface area contributed by atoms with Crippen molar-refractivity contribution in [1.82, 2.24) is 9.80 Å². The summed E-state index contributed by atoms with van der Waals surface area (Å²) < 4.78 is 0. The van der Waals surface area contributed by atoms with E-state index in [2.05, 4.69) is 65.7 Å². The Bertz CT molecular complexity index is 156. The third kappa shape index (κ3) is 4.12. The molecule has 0 bridgehead atoms. The van der Waals surface area contributed by atoms with E-state index in [1.165, 1.54) is 6.42 Å². The Kier molecular flexibility index (Phi) is 6.46. The molecule has 0 aromatic rings. The molecule has 0 rings (SSSR count). The predicted octanol–water partition coefficient (Wildman–Crippen LogP) is 2.55. The molecule has 3 unspecified atom stereocenters. The first-order valence-corrected chi connectivity index (χ1v) is 6.15. The van der Waals surface area contributed by atoms with Crippen molar-refractivity contribution in [3.63, 3.8) is 0 Å². The van der Waals surface area contributed by atoms with Gasteiger partial charge in [0.1, 0.15) is 0 Å². The second kappa shape index (κ2) is 6.49. The van der Waals surface area contributed by atoms with Crippen molar-refractivity contribution in [2.45, 2.75) is 46.2 Å². The number of hydrogen-bond acceptors (Lipinski definition) is 2. The highest BCUT2D eigenvalue weighted by molar-refractivity contribution is 4.84. The summed E-state index contributed by atoms with van der Waals surface area (Å²) >= 11 is 0. The molecule has 0 fully saturated rings. The van der Waals surface area contributed by atoms with Gasteiger partial charge in [0.05, 0.1) is 0 Å². The van der Waals surface area contributed by atoms with Gasteiger partial charge < -0.3 is 9.80 Å². The van der Waals surface area contributed by atoms with Crippen LogP contribution in [-0.2, 0) is 0 Å². The standard InChI is InChI=1S/C13H30N2/c1-9-12(14(5)6)11(4)13(10(2)3)15(7)8/h10-13H,9H2,1-8H3. The molecule has 0 saturated heterocycles. The highest BCUT2D eigenvalue weighted by Crippen LogP contribution is 2.24. The molecule has 15 heavy (non-hydrogen) atoms. The SMILES string of the molecule is CCC(C(C)C(C(C)C)N(C)C)N(C)C. The lowest BCUT2D eigenvalue weighted by molar-refractivity contribution is 0.0959. The van der Waals surface area contributed by atoms with E-state index < -0.39 is 0 Å². The molecule has 0 amide bonds. The first kappa shape index (κ1) is 14.9. The molecule has 0 spiro atoms. The Balaban J connectivity index is 4.67. The van der Waals surface area contributed by atoms with Crippen LogP contribution in [0, 0.1) is 11.8 Å². The maximum Gasteiger partial charge on any atom is 0.0153 e. The van der Waals surface area contributed by atoms with Crippen molar-refractivity contribution in [3.8, 4) is 0 Å². The first-order valence-electron chi connectivity index (χ1n) is 6.15. The number of nitrogens with zero attached hydrogens (tertiary/aromatic N) is 2. The van der Waals surface area contributed by atoms with Gasteiger partial charge in [0.2, 0.25) is 0 Å². The van der Waals surface area contributed by atoms with E-state index >= 15 is 0 Å². The summed E-state index contributed by atoms with van der Waals surface area (Å²) in [6, 6.07) is 1.34. The van der Waals surface area contributed by atoms with Crippen LogP contribution in [0.2, 0.25) is 0 Å². The molecule has 2 heteroatoms. The fourth-order valence-corrected chi connectivity index (χ4v) is 3.11. The molecule has 0 saturated carbocycles. The zero-order valence-corrected chi connectivity index (χ0v) is 11.9. The quantitative estimate of drug-likeness (QED) is 0.670. The van der Waals surface area contributed by atoms with Crippen LogP contribution >= 0.6 is 0 Å². The molecular weight excluding hydrogens is 184 g/mol. The summed E-state index contributed by atoms with van der Waals surface area (Å²) in [5, 5.41) is 0. The minimum absolute atomic E-state index is 0.664. The van der Waals surface area contributed by atoms with Crippen LogP contribution in [0.25, 0.3) is 0 Å². The van der Waals surface area contributed by atoms with Crippen LogP contribution in [0.5, 0.6) is 0 Å². The van der Waals surface area contributed by atoms with Crippen LogP contribution in [-0.4, -0.2) is 50.1 Å². The molecule has 0 radical (unpaired) electrons. The van der Waals surface area contributed by atoms with Gasteiger partial charge in [0, 0.05) is 12.1 Å². The summed E-state index contributed by atoms with van der Waals surface area (Å²) in [6.45, 7) is 9.32. The van der Waals surface area contributed by atoms with Gasteiger partial charge in [0.15, 0.2) is 0 Å². The smallest absolute Gasteiger partial charge is 0.0153 e. The highest BCUT2D eigenvalue weighted by atomic mass is 15.1. The van der Waals surface area contributed by atoms with Crippen molar-refractivity contribution in [1.29, 1.82) is 0 Å². The van der Waals surface area contributed by atoms with Crippen molar-refractivity contribution in [2.24, 2.45) is 11.8 Å². The van der Waals surface area contributed by atoms with Crippen LogP contribution in [0.15, 0.2) is 0 Å². The average molecular weight is 214 g/mol. The Morgan fingerprint density at radius 3 is 1.53 bits per heavy atom. The van der Waals surface area contributed by atoms with Crippen molar-refractivity contribution in [2.75, 3.05) is 28.2 Å². The average Bonchev–Trinajstić information content (AvgIpc) is 2.02. The van der Waals surface area contributed by atoms with Gasteiger partial charge in [0.25, 0.3) is 0 Å². The minimum atomic E-state index is 0.664. The summed E-state index contributed by atoms with van der Waals surface area (Å²) in [5.41, 5.74) is 0. The Hall–Kier alpha value is -0.0800. The van der Waals surface area contributed by atoms with E-state index in [0.717, 1.165) is 0 Å². The minimum Gasteiger partial charge on any atom is -0.306 e. The lowest BCUT2D eigenvalue weighted by Crippen LogP contribution is -2.47. The van der Waals surface area contributed by atoms with Gasteiger partial charge in [-0.05, 0) is 46.4 Å². The molecular formula is C13H30N2. The van der Waals surface area contributed by atoms with Gasteiger partial charge >= 0.3 is 0 Å². The van der Waals surface area contributed by atoms with Gasteiger partial charge in [-0.15, -0.1) is 0 Å². The van der Waals surface area contributed by atoms with Crippen LogP contribution in [0.4, 0.5) is 0 Å². The van der Waals surface area contributed by atoms with Crippen molar-refractivity contribution < 1.29 is 0 Å². The van der Waals surface area contributed by atoms with E-state index in [1.54, 1.807) is 0 Å². The van der Waals surface area contributed by atoms with E-state index in [9.17, 15) is 0 Å². The summed E-state index contributed by atoms with van der Waals surface area (Å²) in [7, 11) is 8.78. The Morgan fingerprint density at radius 2 is 1.33 bits per heavy atom. The van der Waals surface area contributed by atoms with Crippen LogP contribution in [0.3, 0.4) is 0 Å². The van der Waals surface area contributed by atoms with Crippen LogP contribution in [0.1, 0.15) is 34.1 Å². The Morgan fingerprint density at radius 1 is 0.867 bits per heavy atom. The van der Waals surface area contributed by atoms with E-state index in [1.807, 2.05) is 0 Å². The first-order chi connectivity index (χ1) is 6.82. The second-order valence-corrected chi connectivity index (χ2v) is 5.50. The van der Waals surface area contributed by atoms with Gasteiger partial charge in [-0.2, -0.15) is 0 Å². The van der Waals surface area contributed by atoms with Gasteiger partial charge in [-0.1, -0.05) is 27.7 Å². The van der Waals surface area contributed by atoms with E-state index in [-0.39, 0.29) is 0 Å². The zero-order chi connectivity index (χ0) is 12.2. The molecule has 0 aromatic carbocycles. The molecule has 3 atom stereocenters. The molecule has 2 nitrogen and oxygen atoms in total. The number of rotatable bonds is 6. The van der Waals surface area contributed by atoms with Crippen molar-refractivity contribution in [3.05, 3.63) is 0 Å². The van der Waals surface area contributed by atoms with Gasteiger partial charge in [-0.25, -0.2) is 0 Å². The maximum absolute atomic E-state index is 2.39. The summed E-state index contributed by atoms with van der Waals surface area (Å²) in [4.78, 5) is 4.74. The molecule has 0 heterocycles. The largest absolute Gasteiger partial charge is 0.306 e. The molecule has 92 valence electrons. The third-order valence-electron chi connectivity index (χ3n) is 3.51. The molecule has 0 N–H and O–H groups in total. The fraction of sp³-hybridized carbons (Fsp3) is 1.00. The molecule has 0 aromatic heterocycles.